The van der Waals surface area contributed by atoms with E-state index in [-0.39, 0.29) is 18.4 Å². The molecule has 3 heterocycles. The molecule has 2 aliphatic rings. The van der Waals surface area contributed by atoms with E-state index >= 15 is 0 Å². The second-order valence-corrected chi connectivity index (χ2v) is 8.31. The van der Waals surface area contributed by atoms with Crippen LogP contribution in [0.5, 0.6) is 0 Å². The largest absolute Gasteiger partial charge is 0.388 e. The average molecular weight is 398 g/mol. The number of fused-ring (bicyclic) bond motifs is 1. The lowest BCUT2D eigenvalue weighted by molar-refractivity contribution is -0.179. The number of aromatic nitrogens is 2. The molecule has 2 N–H and O–H groups in total. The van der Waals surface area contributed by atoms with Crippen LogP contribution in [-0.2, 0) is 9.53 Å². The third kappa shape index (κ3) is 3.70. The van der Waals surface area contributed by atoms with Gasteiger partial charge < -0.3 is 20.1 Å². The van der Waals surface area contributed by atoms with Crippen LogP contribution in [0.3, 0.4) is 0 Å². The van der Waals surface area contributed by atoms with Gasteiger partial charge in [0.1, 0.15) is 11.6 Å². The van der Waals surface area contributed by atoms with E-state index in [4.69, 9.17) is 4.74 Å². The summed E-state index contributed by atoms with van der Waals surface area (Å²) >= 11 is 0. The average Bonchev–Trinajstić information content (AvgIpc) is 2.70. The number of amides is 2. The van der Waals surface area contributed by atoms with E-state index in [2.05, 4.69) is 15.3 Å². The molecule has 2 fully saturated rings. The molecular formula is C21H26N4O4. The molecule has 2 aromatic rings. The number of nitrogens with zero attached hydrogens (tertiary/aromatic N) is 3. The minimum absolute atomic E-state index is 0.0635. The molecule has 0 bridgehead atoms. The topological polar surface area (TPSA) is 105 Å². The zero-order valence-electron chi connectivity index (χ0n) is 16.7. The molecular weight excluding hydrogens is 372 g/mol. The summed E-state index contributed by atoms with van der Waals surface area (Å²) in [6.07, 6.45) is 4.26. The summed E-state index contributed by atoms with van der Waals surface area (Å²) in [6.45, 7) is 4.57. The lowest BCUT2D eigenvalue weighted by Crippen LogP contribution is -2.65. The Morgan fingerprint density at radius 1 is 1.24 bits per heavy atom. The number of piperidine rings is 1. The first-order chi connectivity index (χ1) is 13.8. The van der Waals surface area contributed by atoms with Crippen molar-refractivity contribution in [3.8, 4) is 0 Å². The van der Waals surface area contributed by atoms with Crippen LogP contribution in [-0.4, -0.2) is 68.7 Å². The Kier molecular flexibility index (Phi) is 5.00. The van der Waals surface area contributed by atoms with E-state index in [0.29, 0.717) is 48.9 Å². The fraction of sp³-hybridized carbons (Fsp3) is 0.524. The van der Waals surface area contributed by atoms with Gasteiger partial charge in [-0.15, -0.1) is 0 Å². The molecule has 2 amide bonds. The Hall–Kier alpha value is -2.58. The predicted molar refractivity (Wildman–Crippen MR) is 106 cm³/mol. The molecule has 0 aliphatic carbocycles. The van der Waals surface area contributed by atoms with E-state index in [9.17, 15) is 14.7 Å². The van der Waals surface area contributed by atoms with Crippen molar-refractivity contribution in [3.63, 3.8) is 0 Å². The highest BCUT2D eigenvalue weighted by atomic mass is 16.5. The molecule has 1 spiro atoms. The van der Waals surface area contributed by atoms with Crippen molar-refractivity contribution in [1.29, 1.82) is 0 Å². The van der Waals surface area contributed by atoms with E-state index in [1.165, 1.54) is 6.92 Å². The molecule has 8 heteroatoms. The molecule has 0 radical (unpaired) electrons. The number of ether oxygens (including phenoxy) is 1. The van der Waals surface area contributed by atoms with Crippen molar-refractivity contribution in [2.45, 2.75) is 50.4 Å². The van der Waals surface area contributed by atoms with Gasteiger partial charge in [0, 0.05) is 38.8 Å². The van der Waals surface area contributed by atoms with Crippen molar-refractivity contribution < 1.29 is 19.4 Å². The third-order valence-corrected chi connectivity index (χ3v) is 6.12. The normalized spacial score (nSPS) is 26.4. The van der Waals surface area contributed by atoms with Crippen LogP contribution in [0.1, 0.15) is 43.5 Å². The van der Waals surface area contributed by atoms with Gasteiger partial charge in [-0.1, -0.05) is 6.07 Å². The van der Waals surface area contributed by atoms with E-state index in [1.807, 2.05) is 24.0 Å². The Labute approximate surface area is 169 Å². The van der Waals surface area contributed by atoms with Crippen molar-refractivity contribution >= 4 is 22.8 Å². The summed E-state index contributed by atoms with van der Waals surface area (Å²) < 4.78 is 6.04. The zero-order valence-corrected chi connectivity index (χ0v) is 16.7. The molecule has 29 heavy (non-hydrogen) atoms. The molecule has 2 saturated heterocycles. The van der Waals surface area contributed by atoms with Gasteiger partial charge >= 0.3 is 0 Å². The lowest BCUT2D eigenvalue weighted by atomic mass is 9.74. The van der Waals surface area contributed by atoms with Gasteiger partial charge in [-0.05, 0) is 31.9 Å². The number of aliphatic hydroxyl groups excluding tert-OH is 1. The number of carbonyl (C=O) groups is 2. The van der Waals surface area contributed by atoms with Crippen LogP contribution in [0, 0.1) is 0 Å². The summed E-state index contributed by atoms with van der Waals surface area (Å²) in [5.74, 6) is -0.236. The zero-order chi connectivity index (χ0) is 20.6. The van der Waals surface area contributed by atoms with Gasteiger partial charge in [-0.3, -0.25) is 19.6 Å². The second-order valence-electron chi connectivity index (χ2n) is 8.31. The maximum Gasteiger partial charge on any atom is 0.256 e. The molecule has 8 nitrogen and oxygen atoms in total. The summed E-state index contributed by atoms with van der Waals surface area (Å²) in [6, 6.07) is 5.44. The molecule has 154 valence electrons. The number of aliphatic hydroxyl groups is 1. The molecule has 1 aromatic heterocycles. The third-order valence-electron chi connectivity index (χ3n) is 6.12. The van der Waals surface area contributed by atoms with Gasteiger partial charge in [0.2, 0.25) is 5.91 Å². The number of nitrogens with one attached hydrogen (secondary N) is 1. The quantitative estimate of drug-likeness (QED) is 0.790. The van der Waals surface area contributed by atoms with Crippen molar-refractivity contribution in [3.05, 3.63) is 36.2 Å². The van der Waals surface area contributed by atoms with Gasteiger partial charge in [-0.25, -0.2) is 0 Å². The fourth-order valence-electron chi connectivity index (χ4n) is 4.58. The first-order valence-electron chi connectivity index (χ1n) is 9.92. The summed E-state index contributed by atoms with van der Waals surface area (Å²) in [5, 5.41) is 13.3. The first-order valence-corrected chi connectivity index (χ1v) is 9.92. The van der Waals surface area contributed by atoms with Gasteiger partial charge in [0.25, 0.3) is 5.91 Å². The van der Waals surface area contributed by atoms with Gasteiger partial charge in [0.15, 0.2) is 0 Å². The number of hydrogen-bond acceptors (Lipinski definition) is 6. The van der Waals surface area contributed by atoms with Crippen LogP contribution in [0.4, 0.5) is 0 Å². The number of benzene rings is 1. The van der Waals surface area contributed by atoms with Crippen molar-refractivity contribution in [2.75, 3.05) is 19.7 Å². The standard InChI is InChI=1S/C21H26N4O4/c1-14(26)24-20(2)13-21(29-12-17(20)27)6-10-25(11-7-21)19(28)15-4-3-5-16-18(15)23-9-8-22-16/h3-5,8-9,17,27H,6-7,10-13H2,1-2H3,(H,24,26)/t17-,20-/m1/s1. The van der Waals surface area contributed by atoms with E-state index in [0.717, 1.165) is 0 Å². The maximum absolute atomic E-state index is 13.1. The number of rotatable bonds is 2. The molecule has 0 saturated carbocycles. The lowest BCUT2D eigenvalue weighted by Gasteiger charge is -2.51. The number of para-hydroxylation sites is 1. The van der Waals surface area contributed by atoms with Crippen LogP contribution in [0.2, 0.25) is 0 Å². The Balaban J connectivity index is 1.49. The smallest absolute Gasteiger partial charge is 0.256 e. The van der Waals surface area contributed by atoms with Crippen LogP contribution < -0.4 is 5.32 Å². The van der Waals surface area contributed by atoms with Crippen LogP contribution in [0.25, 0.3) is 11.0 Å². The molecule has 2 aliphatic heterocycles. The molecule has 2 atom stereocenters. The Morgan fingerprint density at radius 2 is 1.97 bits per heavy atom. The monoisotopic (exact) mass is 398 g/mol. The minimum atomic E-state index is -0.758. The Bertz CT molecular complexity index is 936. The minimum Gasteiger partial charge on any atom is -0.388 e. The SMILES string of the molecule is CC(=O)N[C@]1(C)CC2(CCN(C(=O)c3cccc4nccnc34)CC2)OC[C@H]1O. The number of likely N-dealkylation sites (tertiary alicyclic amines) is 1. The number of carbonyl (C=O) groups excluding carboxylic acids is 2. The van der Waals surface area contributed by atoms with E-state index < -0.39 is 17.2 Å². The molecule has 4 rings (SSSR count). The summed E-state index contributed by atoms with van der Waals surface area (Å²) in [5.41, 5.74) is 0.667. The second kappa shape index (κ2) is 7.35. The van der Waals surface area contributed by atoms with Crippen LogP contribution >= 0.6 is 0 Å². The fourth-order valence-corrected chi connectivity index (χ4v) is 4.58. The van der Waals surface area contributed by atoms with Gasteiger partial charge in [-0.2, -0.15) is 0 Å². The first kappa shape index (κ1) is 19.7. The predicted octanol–water partition coefficient (Wildman–Crippen LogP) is 1.28. The van der Waals surface area contributed by atoms with Crippen LogP contribution in [0.15, 0.2) is 30.6 Å². The highest BCUT2D eigenvalue weighted by Crippen LogP contribution is 2.40. The van der Waals surface area contributed by atoms with Gasteiger partial charge in [0.05, 0.1) is 28.8 Å². The molecule has 0 unspecified atom stereocenters. The molecule has 1 aromatic carbocycles. The maximum atomic E-state index is 13.1. The van der Waals surface area contributed by atoms with Crippen molar-refractivity contribution in [1.82, 2.24) is 20.2 Å². The highest BCUT2D eigenvalue weighted by Gasteiger charge is 2.50. The number of hydrogen-bond donors (Lipinski definition) is 2. The van der Waals surface area contributed by atoms with E-state index in [1.54, 1.807) is 18.5 Å². The highest BCUT2D eigenvalue weighted by molar-refractivity contribution is 6.04. The summed E-state index contributed by atoms with van der Waals surface area (Å²) in [4.78, 5) is 35.2. The summed E-state index contributed by atoms with van der Waals surface area (Å²) in [7, 11) is 0. The Morgan fingerprint density at radius 3 is 2.69 bits per heavy atom. The van der Waals surface area contributed by atoms with Crippen molar-refractivity contribution in [2.24, 2.45) is 0 Å².